The van der Waals surface area contributed by atoms with Gasteiger partial charge in [-0.15, -0.1) is 0 Å². The highest BCUT2D eigenvalue weighted by molar-refractivity contribution is 9.10. The molecule has 0 aliphatic rings. The molecule has 0 spiro atoms. The number of carboxylic acid groups (broad SMARTS) is 1. The number of halogens is 1. The van der Waals surface area contributed by atoms with Gasteiger partial charge in [0.1, 0.15) is 0 Å². The van der Waals surface area contributed by atoms with Gasteiger partial charge in [0.25, 0.3) is 5.91 Å². The Morgan fingerprint density at radius 1 is 1.22 bits per heavy atom. The molecule has 1 heterocycles. The summed E-state index contributed by atoms with van der Waals surface area (Å²) in [6.45, 7) is 0. The summed E-state index contributed by atoms with van der Waals surface area (Å²) < 4.78 is 5.51. The molecule has 0 saturated heterocycles. The average Bonchev–Trinajstić information content (AvgIpc) is 2.76. The topological polar surface area (TPSA) is 82.4 Å². The predicted octanol–water partition coefficient (Wildman–Crippen LogP) is 1.66. The summed E-state index contributed by atoms with van der Waals surface area (Å²) in [6.07, 6.45) is 0. The van der Waals surface area contributed by atoms with Crippen LogP contribution in [0.1, 0.15) is 20.9 Å². The van der Waals surface area contributed by atoms with E-state index in [1.54, 1.807) is 12.1 Å². The Kier molecular flexibility index (Phi) is 3.47. The van der Waals surface area contributed by atoms with E-state index in [4.69, 9.17) is 4.42 Å². The Hall–Kier alpha value is -2.08. The molecular formula is C12H7BrNO4-. The monoisotopic (exact) mass is 308 g/mol. The fourth-order valence-corrected chi connectivity index (χ4v) is 1.66. The molecule has 0 radical (unpaired) electrons. The number of nitrogens with one attached hydrogen (secondary N) is 1. The lowest BCUT2D eigenvalue weighted by Crippen LogP contribution is -2.22. The van der Waals surface area contributed by atoms with Crippen molar-refractivity contribution in [2.24, 2.45) is 0 Å². The van der Waals surface area contributed by atoms with E-state index in [1.165, 1.54) is 24.3 Å². The van der Waals surface area contributed by atoms with E-state index in [-0.39, 0.29) is 11.3 Å². The number of aromatic carboxylic acids is 1. The van der Waals surface area contributed by atoms with Crippen LogP contribution in [0.3, 0.4) is 0 Å². The van der Waals surface area contributed by atoms with Crippen LogP contribution >= 0.6 is 15.9 Å². The third kappa shape index (κ3) is 2.78. The van der Waals surface area contributed by atoms with Gasteiger partial charge in [-0.25, -0.2) is 0 Å². The summed E-state index contributed by atoms with van der Waals surface area (Å²) in [4.78, 5) is 22.4. The van der Waals surface area contributed by atoms with Gasteiger partial charge in [-0.3, -0.25) is 4.79 Å². The van der Waals surface area contributed by atoms with Gasteiger partial charge >= 0.3 is 0 Å². The molecule has 0 atom stereocenters. The standard InChI is InChI=1S/C12H8BrNO4/c13-10-5-4-9(18-10)11(15)14-8-3-1-2-7(6-8)12(16)17/h1-6H,(H,14,15)(H,16,17)/p-1. The number of anilines is 1. The lowest BCUT2D eigenvalue weighted by molar-refractivity contribution is -0.255. The van der Waals surface area contributed by atoms with Crippen molar-refractivity contribution < 1.29 is 19.1 Å². The number of hydrogen-bond donors (Lipinski definition) is 1. The van der Waals surface area contributed by atoms with Crippen LogP contribution in [-0.2, 0) is 0 Å². The molecule has 5 nitrogen and oxygen atoms in total. The molecule has 1 N–H and O–H groups in total. The number of rotatable bonds is 3. The summed E-state index contributed by atoms with van der Waals surface area (Å²) in [5.74, 6) is -1.64. The van der Waals surface area contributed by atoms with Crippen molar-refractivity contribution in [1.29, 1.82) is 0 Å². The Labute approximate surface area is 111 Å². The highest BCUT2D eigenvalue weighted by atomic mass is 79.9. The number of furan rings is 1. The number of carboxylic acids is 1. The molecule has 2 aromatic rings. The van der Waals surface area contributed by atoms with Crippen LogP contribution in [0.25, 0.3) is 0 Å². The summed E-state index contributed by atoms with van der Waals surface area (Å²) in [5.41, 5.74) is 0.350. The van der Waals surface area contributed by atoms with Crippen LogP contribution < -0.4 is 10.4 Å². The van der Waals surface area contributed by atoms with Gasteiger partial charge in [-0.2, -0.15) is 0 Å². The number of hydrogen-bond acceptors (Lipinski definition) is 4. The number of carbonyl (C=O) groups is 2. The van der Waals surface area contributed by atoms with Crippen molar-refractivity contribution in [2.45, 2.75) is 0 Å². The molecule has 0 bridgehead atoms. The van der Waals surface area contributed by atoms with E-state index in [0.29, 0.717) is 10.4 Å². The third-order valence-electron chi connectivity index (χ3n) is 2.15. The molecule has 0 saturated carbocycles. The van der Waals surface area contributed by atoms with Crippen molar-refractivity contribution in [1.82, 2.24) is 0 Å². The van der Waals surface area contributed by atoms with Gasteiger partial charge < -0.3 is 19.6 Å². The van der Waals surface area contributed by atoms with Crippen molar-refractivity contribution in [2.75, 3.05) is 5.32 Å². The van der Waals surface area contributed by atoms with E-state index in [9.17, 15) is 14.7 Å². The van der Waals surface area contributed by atoms with E-state index >= 15 is 0 Å². The molecule has 0 fully saturated rings. The SMILES string of the molecule is O=C([O-])c1cccc(NC(=O)c2ccc(Br)o2)c1. The first kappa shape index (κ1) is 12.4. The van der Waals surface area contributed by atoms with Gasteiger partial charge in [0.05, 0.1) is 5.97 Å². The van der Waals surface area contributed by atoms with Crippen LogP contribution in [0.5, 0.6) is 0 Å². The Bertz CT molecular complexity index is 606. The van der Waals surface area contributed by atoms with Gasteiger partial charge in [0.2, 0.25) is 0 Å². The third-order valence-corrected chi connectivity index (χ3v) is 2.58. The minimum Gasteiger partial charge on any atom is -0.545 e. The molecule has 0 unspecified atom stereocenters. The zero-order chi connectivity index (χ0) is 13.1. The zero-order valence-corrected chi connectivity index (χ0v) is 10.6. The molecule has 1 amide bonds. The summed E-state index contributed by atoms with van der Waals surface area (Å²) >= 11 is 3.08. The van der Waals surface area contributed by atoms with Gasteiger partial charge in [0.15, 0.2) is 10.4 Å². The van der Waals surface area contributed by atoms with E-state index in [2.05, 4.69) is 21.2 Å². The molecule has 6 heteroatoms. The largest absolute Gasteiger partial charge is 0.545 e. The smallest absolute Gasteiger partial charge is 0.291 e. The molecule has 0 aliphatic heterocycles. The Balaban J connectivity index is 2.16. The maximum absolute atomic E-state index is 11.7. The predicted molar refractivity (Wildman–Crippen MR) is 65.1 cm³/mol. The fourth-order valence-electron chi connectivity index (χ4n) is 1.35. The fraction of sp³-hybridized carbons (Fsp3) is 0. The van der Waals surface area contributed by atoms with Gasteiger partial charge in [-0.1, -0.05) is 12.1 Å². The molecule has 92 valence electrons. The molecule has 0 aliphatic carbocycles. The van der Waals surface area contributed by atoms with Gasteiger partial charge in [0, 0.05) is 5.69 Å². The van der Waals surface area contributed by atoms with E-state index < -0.39 is 11.9 Å². The zero-order valence-electron chi connectivity index (χ0n) is 8.98. The molecule has 1 aromatic carbocycles. The second-order valence-electron chi connectivity index (χ2n) is 3.43. The van der Waals surface area contributed by atoms with Crippen LogP contribution in [0.15, 0.2) is 45.5 Å². The van der Waals surface area contributed by atoms with Crippen LogP contribution in [0.2, 0.25) is 0 Å². The molecular weight excluding hydrogens is 302 g/mol. The van der Waals surface area contributed by atoms with Crippen molar-refractivity contribution in [3.63, 3.8) is 0 Å². The van der Waals surface area contributed by atoms with Gasteiger partial charge in [-0.05, 0) is 45.8 Å². The summed E-state index contributed by atoms with van der Waals surface area (Å²) in [6, 6.07) is 8.87. The molecule has 2 rings (SSSR count). The maximum atomic E-state index is 11.7. The molecule has 18 heavy (non-hydrogen) atoms. The highest BCUT2D eigenvalue weighted by Crippen LogP contribution is 2.16. The minimum atomic E-state index is -1.30. The Morgan fingerprint density at radius 2 is 2.00 bits per heavy atom. The summed E-state index contributed by atoms with van der Waals surface area (Å²) in [7, 11) is 0. The first-order valence-electron chi connectivity index (χ1n) is 4.94. The lowest BCUT2D eigenvalue weighted by Gasteiger charge is -2.06. The van der Waals surface area contributed by atoms with Crippen molar-refractivity contribution in [3.8, 4) is 0 Å². The Morgan fingerprint density at radius 3 is 2.61 bits per heavy atom. The number of amides is 1. The van der Waals surface area contributed by atoms with Crippen molar-refractivity contribution >= 4 is 33.5 Å². The van der Waals surface area contributed by atoms with Crippen LogP contribution in [0, 0.1) is 0 Å². The normalized spacial score (nSPS) is 10.1. The maximum Gasteiger partial charge on any atom is 0.291 e. The average molecular weight is 309 g/mol. The number of carbonyl (C=O) groups excluding carboxylic acids is 2. The summed E-state index contributed by atoms with van der Waals surface area (Å²) in [5, 5.41) is 13.2. The first-order valence-corrected chi connectivity index (χ1v) is 5.73. The number of benzene rings is 1. The van der Waals surface area contributed by atoms with Crippen LogP contribution in [0.4, 0.5) is 5.69 Å². The van der Waals surface area contributed by atoms with Crippen molar-refractivity contribution in [3.05, 3.63) is 52.4 Å². The molecule has 1 aromatic heterocycles. The second-order valence-corrected chi connectivity index (χ2v) is 4.21. The highest BCUT2D eigenvalue weighted by Gasteiger charge is 2.10. The second kappa shape index (κ2) is 5.05. The van der Waals surface area contributed by atoms with E-state index in [0.717, 1.165) is 0 Å². The van der Waals surface area contributed by atoms with E-state index in [1.807, 2.05) is 0 Å². The first-order chi connectivity index (χ1) is 8.56. The quantitative estimate of drug-likeness (QED) is 0.934. The minimum absolute atomic E-state index is 0.00609. The lowest BCUT2D eigenvalue weighted by atomic mass is 10.2. The van der Waals surface area contributed by atoms with Crippen LogP contribution in [-0.4, -0.2) is 11.9 Å².